The number of nitrogens with zero attached hydrogens (tertiary/aromatic N) is 1. The van der Waals surface area contributed by atoms with Gasteiger partial charge in [-0.15, -0.1) is 0 Å². The fourth-order valence-corrected chi connectivity index (χ4v) is 3.61. The highest BCUT2D eigenvalue weighted by Gasteiger charge is 2.26. The van der Waals surface area contributed by atoms with Gasteiger partial charge >= 0.3 is 0 Å². The van der Waals surface area contributed by atoms with E-state index in [4.69, 9.17) is 9.47 Å². The zero-order chi connectivity index (χ0) is 14.7. The third-order valence-electron chi connectivity index (χ3n) is 2.85. The predicted octanol–water partition coefficient (Wildman–Crippen LogP) is 0.299. The Balaban J connectivity index is 4.52. The van der Waals surface area contributed by atoms with Crippen LogP contribution < -0.4 is 5.32 Å². The van der Waals surface area contributed by atoms with Gasteiger partial charge in [-0.05, 0) is 33.4 Å². The predicted molar refractivity (Wildman–Crippen MR) is 76.9 cm³/mol. The number of sulfonamides is 1. The summed E-state index contributed by atoms with van der Waals surface area (Å²) in [6, 6.07) is -0.172. The summed E-state index contributed by atoms with van der Waals surface area (Å²) in [7, 11) is 1.75. The van der Waals surface area contributed by atoms with Crippen LogP contribution in [0.3, 0.4) is 0 Å². The van der Waals surface area contributed by atoms with E-state index in [9.17, 15) is 8.42 Å². The molecule has 0 aliphatic rings. The molecule has 0 spiro atoms. The van der Waals surface area contributed by atoms with Crippen molar-refractivity contribution >= 4 is 10.0 Å². The third kappa shape index (κ3) is 7.84. The highest BCUT2D eigenvalue weighted by atomic mass is 32.2. The second-order valence-corrected chi connectivity index (χ2v) is 6.58. The minimum atomic E-state index is -3.25. The zero-order valence-corrected chi connectivity index (χ0v) is 13.3. The van der Waals surface area contributed by atoms with Gasteiger partial charge in [-0.25, -0.2) is 8.42 Å². The van der Waals surface area contributed by atoms with E-state index in [1.165, 1.54) is 4.31 Å². The van der Waals surface area contributed by atoms with Crippen molar-refractivity contribution in [2.24, 2.45) is 0 Å². The first-order valence-electron chi connectivity index (χ1n) is 6.61. The van der Waals surface area contributed by atoms with Gasteiger partial charge in [0.05, 0.1) is 19.0 Å². The van der Waals surface area contributed by atoms with Crippen LogP contribution in [0.2, 0.25) is 0 Å². The number of ether oxygens (including phenoxy) is 2. The molecule has 0 amide bonds. The average Bonchev–Trinajstić information content (AvgIpc) is 2.35. The van der Waals surface area contributed by atoms with Gasteiger partial charge in [0.25, 0.3) is 0 Å². The molecular weight excluding hydrogens is 268 g/mol. The summed E-state index contributed by atoms with van der Waals surface area (Å²) in [6.07, 6.45) is 1.51. The standard InChI is InChI=1S/C12H28N2O4S/c1-12(11-18-4)14(8-9-17-3)19(15,16)10-6-5-7-13-2/h12-13H,5-11H2,1-4H3. The highest BCUT2D eigenvalue weighted by Crippen LogP contribution is 2.10. The summed E-state index contributed by atoms with van der Waals surface area (Å²) in [6.45, 7) is 3.84. The SMILES string of the molecule is CNCCCCS(=O)(=O)N(CCOC)C(C)COC. The lowest BCUT2D eigenvalue weighted by molar-refractivity contribution is 0.119. The number of rotatable bonds is 12. The molecule has 0 saturated carbocycles. The molecule has 0 bridgehead atoms. The van der Waals surface area contributed by atoms with Crippen molar-refractivity contribution < 1.29 is 17.9 Å². The largest absolute Gasteiger partial charge is 0.383 e. The molecule has 1 atom stereocenters. The van der Waals surface area contributed by atoms with Gasteiger partial charge < -0.3 is 14.8 Å². The van der Waals surface area contributed by atoms with Crippen molar-refractivity contribution in [2.75, 3.05) is 53.3 Å². The summed E-state index contributed by atoms with van der Waals surface area (Å²) in [5.41, 5.74) is 0. The van der Waals surface area contributed by atoms with Crippen molar-refractivity contribution in [3.8, 4) is 0 Å². The molecule has 0 aliphatic heterocycles. The van der Waals surface area contributed by atoms with Gasteiger partial charge in [0.15, 0.2) is 0 Å². The Morgan fingerprint density at radius 2 is 1.89 bits per heavy atom. The van der Waals surface area contributed by atoms with Crippen LogP contribution in [0.4, 0.5) is 0 Å². The molecule has 1 N–H and O–H groups in total. The van der Waals surface area contributed by atoms with Crippen LogP contribution in [0.15, 0.2) is 0 Å². The average molecular weight is 296 g/mol. The number of unbranched alkanes of at least 4 members (excludes halogenated alkanes) is 1. The molecule has 0 aliphatic carbocycles. The van der Waals surface area contributed by atoms with E-state index < -0.39 is 10.0 Å². The van der Waals surface area contributed by atoms with E-state index in [2.05, 4.69) is 5.32 Å². The normalized spacial score (nSPS) is 13.9. The van der Waals surface area contributed by atoms with E-state index in [0.29, 0.717) is 26.2 Å². The molecular formula is C12H28N2O4S. The van der Waals surface area contributed by atoms with Crippen molar-refractivity contribution in [1.29, 1.82) is 0 Å². The molecule has 7 heteroatoms. The maximum atomic E-state index is 12.3. The first-order chi connectivity index (χ1) is 8.99. The van der Waals surface area contributed by atoms with Crippen LogP contribution >= 0.6 is 0 Å². The van der Waals surface area contributed by atoms with Crippen molar-refractivity contribution in [2.45, 2.75) is 25.8 Å². The molecule has 0 aromatic rings. The lowest BCUT2D eigenvalue weighted by Gasteiger charge is -2.27. The van der Waals surface area contributed by atoms with Crippen molar-refractivity contribution in [1.82, 2.24) is 9.62 Å². The molecule has 0 rings (SSSR count). The first kappa shape index (κ1) is 18.8. The van der Waals surface area contributed by atoms with Crippen LogP contribution in [-0.4, -0.2) is 72.1 Å². The number of nitrogens with one attached hydrogen (secondary N) is 1. The first-order valence-corrected chi connectivity index (χ1v) is 8.22. The Morgan fingerprint density at radius 1 is 1.21 bits per heavy atom. The van der Waals surface area contributed by atoms with Gasteiger partial charge in [-0.1, -0.05) is 0 Å². The molecule has 0 radical (unpaired) electrons. The quantitative estimate of drug-likeness (QED) is 0.525. The second kappa shape index (κ2) is 10.6. The monoisotopic (exact) mass is 296 g/mol. The molecule has 0 aromatic heterocycles. The van der Waals surface area contributed by atoms with Gasteiger partial charge in [-0.3, -0.25) is 0 Å². The van der Waals surface area contributed by atoms with E-state index in [1.54, 1.807) is 14.2 Å². The molecule has 0 heterocycles. The topological polar surface area (TPSA) is 67.9 Å². The number of hydrogen-bond acceptors (Lipinski definition) is 5. The molecule has 6 nitrogen and oxygen atoms in total. The number of methoxy groups -OCH3 is 2. The lowest BCUT2D eigenvalue weighted by Crippen LogP contribution is -2.44. The molecule has 0 saturated heterocycles. The Morgan fingerprint density at radius 3 is 2.42 bits per heavy atom. The summed E-state index contributed by atoms with van der Waals surface area (Å²) >= 11 is 0. The summed E-state index contributed by atoms with van der Waals surface area (Å²) in [4.78, 5) is 0. The van der Waals surface area contributed by atoms with Crippen LogP contribution in [-0.2, 0) is 19.5 Å². The molecule has 1 unspecified atom stereocenters. The van der Waals surface area contributed by atoms with E-state index >= 15 is 0 Å². The fourth-order valence-electron chi connectivity index (χ4n) is 1.84. The van der Waals surface area contributed by atoms with E-state index in [0.717, 1.165) is 13.0 Å². The molecule has 19 heavy (non-hydrogen) atoms. The van der Waals surface area contributed by atoms with Crippen LogP contribution in [0.5, 0.6) is 0 Å². The van der Waals surface area contributed by atoms with Gasteiger partial charge in [0, 0.05) is 26.8 Å². The van der Waals surface area contributed by atoms with E-state index in [1.807, 2.05) is 14.0 Å². The highest BCUT2D eigenvalue weighted by molar-refractivity contribution is 7.89. The number of hydrogen-bond donors (Lipinski definition) is 1. The summed E-state index contributed by atoms with van der Waals surface area (Å²) in [5.74, 6) is 0.173. The smallest absolute Gasteiger partial charge is 0.214 e. The van der Waals surface area contributed by atoms with Gasteiger partial charge in [0.1, 0.15) is 0 Å². The zero-order valence-electron chi connectivity index (χ0n) is 12.5. The van der Waals surface area contributed by atoms with Crippen molar-refractivity contribution in [3.05, 3.63) is 0 Å². The van der Waals surface area contributed by atoms with Gasteiger partial charge in [-0.2, -0.15) is 4.31 Å². The third-order valence-corrected chi connectivity index (χ3v) is 4.91. The Kier molecular flexibility index (Phi) is 10.4. The minimum Gasteiger partial charge on any atom is -0.383 e. The van der Waals surface area contributed by atoms with Crippen LogP contribution in [0.1, 0.15) is 19.8 Å². The molecule has 0 aromatic carbocycles. The molecule has 0 fully saturated rings. The Bertz CT molecular complexity index is 309. The fraction of sp³-hybridized carbons (Fsp3) is 1.00. The summed E-state index contributed by atoms with van der Waals surface area (Å²) < 4.78 is 36.1. The lowest BCUT2D eigenvalue weighted by atomic mass is 10.3. The van der Waals surface area contributed by atoms with E-state index in [-0.39, 0.29) is 11.8 Å². The maximum Gasteiger partial charge on any atom is 0.214 e. The Labute approximate surface area is 117 Å². The van der Waals surface area contributed by atoms with Crippen molar-refractivity contribution in [3.63, 3.8) is 0 Å². The summed E-state index contributed by atoms with van der Waals surface area (Å²) in [5, 5.41) is 3.01. The minimum absolute atomic E-state index is 0.172. The van der Waals surface area contributed by atoms with Crippen LogP contribution in [0.25, 0.3) is 0 Å². The van der Waals surface area contributed by atoms with Crippen LogP contribution in [0, 0.1) is 0 Å². The van der Waals surface area contributed by atoms with Gasteiger partial charge in [0.2, 0.25) is 10.0 Å². The molecule has 116 valence electrons. The second-order valence-electron chi connectivity index (χ2n) is 4.53. The Hall–Kier alpha value is -0.210. The maximum absolute atomic E-state index is 12.3.